The van der Waals surface area contributed by atoms with Crippen molar-refractivity contribution >= 4 is 11.9 Å². The third-order valence-electron chi connectivity index (χ3n) is 3.81. The van der Waals surface area contributed by atoms with Gasteiger partial charge in [-0.25, -0.2) is 13.6 Å². The van der Waals surface area contributed by atoms with Gasteiger partial charge >= 0.3 is 5.97 Å². The highest BCUT2D eigenvalue weighted by Gasteiger charge is 2.46. The summed E-state index contributed by atoms with van der Waals surface area (Å²) in [5, 5.41) is 11.6. The van der Waals surface area contributed by atoms with Crippen LogP contribution >= 0.6 is 0 Å². The van der Waals surface area contributed by atoms with Crippen molar-refractivity contribution in [2.45, 2.75) is 38.6 Å². The SMILES string of the molecule is CC(C)C[C@@H](NC(=O)C1CC1c1ccc(F)cc1F)C(=O)O. The molecule has 0 aliphatic heterocycles. The predicted octanol–water partition coefficient (Wildman–Crippen LogP) is 2.68. The second-order valence-corrected chi connectivity index (χ2v) is 6.14. The van der Waals surface area contributed by atoms with Crippen LogP contribution in [-0.2, 0) is 9.59 Å². The molecule has 1 aromatic rings. The molecule has 1 saturated carbocycles. The second kappa shape index (κ2) is 6.42. The van der Waals surface area contributed by atoms with Gasteiger partial charge in [0, 0.05) is 12.0 Å². The largest absolute Gasteiger partial charge is 0.480 e. The van der Waals surface area contributed by atoms with E-state index in [0.717, 1.165) is 12.1 Å². The minimum atomic E-state index is -1.08. The molecule has 4 nitrogen and oxygen atoms in total. The first-order valence-electron chi connectivity index (χ1n) is 7.27. The van der Waals surface area contributed by atoms with E-state index in [4.69, 9.17) is 5.11 Å². The number of aliphatic carboxylic acids is 1. The molecule has 1 aliphatic rings. The first kappa shape index (κ1) is 16.4. The van der Waals surface area contributed by atoms with Crippen LogP contribution in [-0.4, -0.2) is 23.0 Å². The predicted molar refractivity (Wildman–Crippen MR) is 76.2 cm³/mol. The van der Waals surface area contributed by atoms with Gasteiger partial charge in [0.05, 0.1) is 0 Å². The Labute approximate surface area is 127 Å². The smallest absolute Gasteiger partial charge is 0.326 e. The maximum Gasteiger partial charge on any atom is 0.326 e. The number of carboxylic acids is 1. The van der Waals surface area contributed by atoms with Gasteiger partial charge in [-0.15, -0.1) is 0 Å². The number of rotatable bonds is 6. The third kappa shape index (κ3) is 3.81. The van der Waals surface area contributed by atoms with Crippen molar-refractivity contribution in [3.05, 3.63) is 35.4 Å². The van der Waals surface area contributed by atoms with E-state index in [1.807, 2.05) is 13.8 Å². The molecular weight excluding hydrogens is 292 g/mol. The molecule has 22 heavy (non-hydrogen) atoms. The Morgan fingerprint density at radius 2 is 2.05 bits per heavy atom. The van der Waals surface area contributed by atoms with Crippen LogP contribution in [0.4, 0.5) is 8.78 Å². The van der Waals surface area contributed by atoms with Gasteiger partial charge in [0.2, 0.25) is 5.91 Å². The fraction of sp³-hybridized carbons (Fsp3) is 0.500. The first-order chi connectivity index (χ1) is 10.3. The highest BCUT2D eigenvalue weighted by molar-refractivity contribution is 5.87. The Hall–Kier alpha value is -1.98. The first-order valence-corrected chi connectivity index (χ1v) is 7.27. The van der Waals surface area contributed by atoms with Crippen LogP contribution in [0.25, 0.3) is 0 Å². The number of amides is 1. The number of halogens is 2. The van der Waals surface area contributed by atoms with Gasteiger partial charge in [-0.3, -0.25) is 4.79 Å². The Balaban J connectivity index is 1.99. The van der Waals surface area contributed by atoms with Crippen molar-refractivity contribution in [1.29, 1.82) is 0 Å². The van der Waals surface area contributed by atoms with Gasteiger partial charge in [0.1, 0.15) is 17.7 Å². The molecule has 1 amide bonds. The molecule has 1 aliphatic carbocycles. The van der Waals surface area contributed by atoms with Gasteiger partial charge in [0.15, 0.2) is 0 Å². The van der Waals surface area contributed by atoms with E-state index in [1.54, 1.807) is 0 Å². The maximum atomic E-state index is 13.7. The zero-order valence-electron chi connectivity index (χ0n) is 12.5. The summed E-state index contributed by atoms with van der Waals surface area (Å²) in [7, 11) is 0. The average Bonchev–Trinajstić information content (AvgIpc) is 3.17. The highest BCUT2D eigenvalue weighted by Crippen LogP contribution is 2.48. The Kier molecular flexibility index (Phi) is 4.78. The lowest BCUT2D eigenvalue weighted by molar-refractivity contribution is -0.142. The minimum absolute atomic E-state index is 0.131. The van der Waals surface area contributed by atoms with Crippen molar-refractivity contribution < 1.29 is 23.5 Å². The minimum Gasteiger partial charge on any atom is -0.480 e. The van der Waals surface area contributed by atoms with Crippen LogP contribution in [0.15, 0.2) is 18.2 Å². The molecular formula is C16H19F2NO3. The van der Waals surface area contributed by atoms with E-state index in [-0.39, 0.29) is 17.7 Å². The van der Waals surface area contributed by atoms with Gasteiger partial charge in [-0.2, -0.15) is 0 Å². The second-order valence-electron chi connectivity index (χ2n) is 6.14. The van der Waals surface area contributed by atoms with Crippen molar-refractivity contribution in [3.63, 3.8) is 0 Å². The Bertz CT molecular complexity index is 589. The van der Waals surface area contributed by atoms with Crippen molar-refractivity contribution in [2.24, 2.45) is 11.8 Å². The highest BCUT2D eigenvalue weighted by atomic mass is 19.1. The quantitative estimate of drug-likeness (QED) is 0.849. The van der Waals surface area contributed by atoms with E-state index in [0.29, 0.717) is 18.4 Å². The van der Waals surface area contributed by atoms with Crippen molar-refractivity contribution in [2.75, 3.05) is 0 Å². The molecule has 0 heterocycles. The summed E-state index contributed by atoms with van der Waals surface area (Å²) < 4.78 is 26.6. The topological polar surface area (TPSA) is 66.4 Å². The van der Waals surface area contributed by atoms with E-state index < -0.39 is 29.6 Å². The summed E-state index contributed by atoms with van der Waals surface area (Å²) in [6, 6.07) is 2.35. The molecule has 2 unspecified atom stereocenters. The molecule has 0 radical (unpaired) electrons. The monoisotopic (exact) mass is 311 g/mol. The fourth-order valence-corrected chi connectivity index (χ4v) is 2.60. The lowest BCUT2D eigenvalue weighted by Crippen LogP contribution is -2.42. The molecule has 2 rings (SSSR count). The third-order valence-corrected chi connectivity index (χ3v) is 3.81. The zero-order chi connectivity index (χ0) is 16.4. The standard InChI is InChI=1S/C16H19F2NO3/c1-8(2)5-14(16(21)22)19-15(20)12-7-11(12)10-4-3-9(17)6-13(10)18/h3-4,6,8,11-12,14H,5,7H2,1-2H3,(H,19,20)(H,21,22)/t11?,12?,14-/m1/s1. The van der Waals surface area contributed by atoms with Crippen LogP contribution in [0.3, 0.4) is 0 Å². The zero-order valence-corrected chi connectivity index (χ0v) is 12.5. The number of carbonyl (C=O) groups is 2. The molecule has 0 spiro atoms. The summed E-state index contributed by atoms with van der Waals surface area (Å²) in [6.07, 6.45) is 0.784. The summed E-state index contributed by atoms with van der Waals surface area (Å²) in [4.78, 5) is 23.2. The average molecular weight is 311 g/mol. The van der Waals surface area contributed by atoms with Crippen molar-refractivity contribution in [3.8, 4) is 0 Å². The van der Waals surface area contributed by atoms with E-state index in [9.17, 15) is 18.4 Å². The van der Waals surface area contributed by atoms with Gasteiger partial charge < -0.3 is 10.4 Å². The number of hydrogen-bond acceptors (Lipinski definition) is 2. The summed E-state index contributed by atoms with van der Waals surface area (Å²) in [5.74, 6) is -3.42. The van der Waals surface area contributed by atoms with Crippen LogP contribution < -0.4 is 5.32 Å². The number of benzene rings is 1. The maximum absolute atomic E-state index is 13.7. The lowest BCUT2D eigenvalue weighted by atomic mass is 10.0. The summed E-state index contributed by atoms with van der Waals surface area (Å²) in [6.45, 7) is 3.74. The number of carboxylic acid groups (broad SMARTS) is 1. The number of nitrogens with one attached hydrogen (secondary N) is 1. The normalized spacial score (nSPS) is 21.5. The van der Waals surface area contributed by atoms with E-state index >= 15 is 0 Å². The molecule has 3 atom stereocenters. The molecule has 0 saturated heterocycles. The number of hydrogen-bond donors (Lipinski definition) is 2. The van der Waals surface area contributed by atoms with Gasteiger partial charge in [-0.1, -0.05) is 19.9 Å². The number of carbonyl (C=O) groups excluding carboxylic acids is 1. The van der Waals surface area contributed by atoms with Crippen LogP contribution in [0, 0.1) is 23.5 Å². The van der Waals surface area contributed by atoms with Crippen LogP contribution in [0.5, 0.6) is 0 Å². The summed E-state index contributed by atoms with van der Waals surface area (Å²) in [5.41, 5.74) is 0.303. The van der Waals surface area contributed by atoms with E-state index in [1.165, 1.54) is 6.07 Å². The molecule has 2 N–H and O–H groups in total. The lowest BCUT2D eigenvalue weighted by Gasteiger charge is -2.16. The molecule has 1 aromatic carbocycles. The van der Waals surface area contributed by atoms with E-state index in [2.05, 4.69) is 5.32 Å². The Morgan fingerprint density at radius 3 is 2.59 bits per heavy atom. The molecule has 0 bridgehead atoms. The molecule has 1 fully saturated rings. The Morgan fingerprint density at radius 1 is 1.36 bits per heavy atom. The summed E-state index contributed by atoms with van der Waals surface area (Å²) >= 11 is 0. The van der Waals surface area contributed by atoms with Crippen molar-refractivity contribution in [1.82, 2.24) is 5.32 Å². The van der Waals surface area contributed by atoms with Gasteiger partial charge in [0.25, 0.3) is 0 Å². The molecule has 120 valence electrons. The molecule has 6 heteroatoms. The van der Waals surface area contributed by atoms with Crippen LogP contribution in [0.1, 0.15) is 38.2 Å². The molecule has 0 aromatic heterocycles. The van der Waals surface area contributed by atoms with Gasteiger partial charge in [-0.05, 0) is 36.3 Å². The van der Waals surface area contributed by atoms with Crippen LogP contribution in [0.2, 0.25) is 0 Å². The fourth-order valence-electron chi connectivity index (χ4n) is 2.60.